The molecule has 4 nitrogen and oxygen atoms in total. The number of halogens is 1. The molecule has 0 saturated carbocycles. The fraction of sp³-hybridized carbons (Fsp3) is 0.333. The molecule has 0 aliphatic heterocycles. The molecule has 0 aliphatic carbocycles. The summed E-state index contributed by atoms with van der Waals surface area (Å²) in [5.74, 6) is 0.134. The molecule has 5 heteroatoms. The average Bonchev–Trinajstić information content (AvgIpc) is 2.85. The number of hydrogen-bond donors (Lipinski definition) is 1. The van der Waals surface area contributed by atoms with E-state index in [1.165, 1.54) is 5.56 Å². The van der Waals surface area contributed by atoms with Crippen LogP contribution < -0.4 is 5.32 Å². The number of nitrogens with zero attached hydrogens (tertiary/aromatic N) is 1. The monoisotopic (exact) mass is 490 g/mol. The SMILES string of the molecule is Cc1ccc(CCC(=O)N(Cc2cccc(Cl)c2)[C@@H](Cc2ccccc2)C(=O)NCC(C)C)cc1. The van der Waals surface area contributed by atoms with Crippen molar-refractivity contribution in [3.05, 3.63) is 106 Å². The molecule has 0 radical (unpaired) electrons. The molecule has 1 atom stereocenters. The third-order valence-electron chi connectivity index (χ3n) is 5.95. The molecule has 0 spiro atoms. The van der Waals surface area contributed by atoms with E-state index >= 15 is 0 Å². The van der Waals surface area contributed by atoms with Crippen LogP contribution in [0.5, 0.6) is 0 Å². The number of nitrogens with one attached hydrogen (secondary N) is 1. The zero-order valence-corrected chi connectivity index (χ0v) is 21.6. The molecular weight excluding hydrogens is 456 g/mol. The maximum Gasteiger partial charge on any atom is 0.243 e. The predicted molar refractivity (Wildman–Crippen MR) is 143 cm³/mol. The Balaban J connectivity index is 1.89. The summed E-state index contributed by atoms with van der Waals surface area (Å²) in [6.45, 7) is 7.05. The van der Waals surface area contributed by atoms with Crippen molar-refractivity contribution in [3.63, 3.8) is 0 Å². The van der Waals surface area contributed by atoms with Gasteiger partial charge in [0.2, 0.25) is 11.8 Å². The van der Waals surface area contributed by atoms with Crippen LogP contribution in [0.4, 0.5) is 0 Å². The average molecular weight is 491 g/mol. The van der Waals surface area contributed by atoms with E-state index in [1.807, 2.05) is 61.5 Å². The van der Waals surface area contributed by atoms with Crippen LogP contribution in [-0.4, -0.2) is 29.3 Å². The van der Waals surface area contributed by atoms with E-state index in [1.54, 1.807) is 4.90 Å². The largest absolute Gasteiger partial charge is 0.354 e. The highest BCUT2D eigenvalue weighted by atomic mass is 35.5. The molecule has 0 fully saturated rings. The number of hydrogen-bond acceptors (Lipinski definition) is 2. The standard InChI is InChI=1S/C30H35ClN2O2/c1-22(2)20-32-30(35)28(19-25-8-5-4-6-9-25)33(21-26-10-7-11-27(31)18-26)29(34)17-16-24-14-12-23(3)13-15-24/h4-15,18,22,28H,16-17,19-21H2,1-3H3,(H,32,35)/t28-/m0/s1. The van der Waals surface area contributed by atoms with E-state index in [-0.39, 0.29) is 11.8 Å². The Kier molecular flexibility index (Phi) is 9.92. The van der Waals surface area contributed by atoms with Gasteiger partial charge in [0, 0.05) is 31.0 Å². The highest BCUT2D eigenvalue weighted by molar-refractivity contribution is 6.30. The highest BCUT2D eigenvalue weighted by Crippen LogP contribution is 2.19. The van der Waals surface area contributed by atoms with E-state index in [4.69, 9.17) is 11.6 Å². The fourth-order valence-electron chi connectivity index (χ4n) is 3.96. The van der Waals surface area contributed by atoms with Crippen LogP contribution in [0.2, 0.25) is 5.02 Å². The summed E-state index contributed by atoms with van der Waals surface area (Å²) >= 11 is 6.24. The van der Waals surface area contributed by atoms with Crippen molar-refractivity contribution in [2.45, 2.75) is 52.6 Å². The van der Waals surface area contributed by atoms with Gasteiger partial charge in [0.25, 0.3) is 0 Å². The zero-order chi connectivity index (χ0) is 25.2. The molecule has 0 aromatic heterocycles. The van der Waals surface area contributed by atoms with Crippen molar-refractivity contribution < 1.29 is 9.59 Å². The van der Waals surface area contributed by atoms with Crippen molar-refractivity contribution >= 4 is 23.4 Å². The number of rotatable bonds is 11. The quantitative estimate of drug-likeness (QED) is 0.358. The second-order valence-electron chi connectivity index (χ2n) is 9.48. The van der Waals surface area contributed by atoms with Gasteiger partial charge in [-0.25, -0.2) is 0 Å². The van der Waals surface area contributed by atoms with E-state index in [0.29, 0.717) is 43.3 Å². The molecule has 0 heterocycles. The molecule has 35 heavy (non-hydrogen) atoms. The summed E-state index contributed by atoms with van der Waals surface area (Å²) in [5, 5.41) is 3.67. The molecular formula is C30H35ClN2O2. The second kappa shape index (κ2) is 13.1. The summed E-state index contributed by atoms with van der Waals surface area (Å²) in [6, 6.07) is 24.9. The van der Waals surface area contributed by atoms with Crippen LogP contribution in [0.15, 0.2) is 78.9 Å². The minimum Gasteiger partial charge on any atom is -0.354 e. The van der Waals surface area contributed by atoms with Gasteiger partial charge in [-0.2, -0.15) is 0 Å². The fourth-order valence-corrected chi connectivity index (χ4v) is 4.17. The lowest BCUT2D eigenvalue weighted by atomic mass is 10.0. The Morgan fingerprint density at radius 2 is 1.57 bits per heavy atom. The van der Waals surface area contributed by atoms with Gasteiger partial charge in [-0.15, -0.1) is 0 Å². The van der Waals surface area contributed by atoms with Crippen LogP contribution >= 0.6 is 11.6 Å². The van der Waals surface area contributed by atoms with Crippen LogP contribution in [0.25, 0.3) is 0 Å². The molecule has 184 valence electrons. The number of benzene rings is 3. The molecule has 3 rings (SSSR count). The van der Waals surface area contributed by atoms with E-state index in [0.717, 1.165) is 16.7 Å². The molecule has 0 unspecified atom stereocenters. The minimum absolute atomic E-state index is 0.0498. The normalized spacial score (nSPS) is 11.8. The molecule has 0 bridgehead atoms. The smallest absolute Gasteiger partial charge is 0.243 e. The number of amides is 2. The maximum atomic E-state index is 13.7. The first-order chi connectivity index (χ1) is 16.8. The Morgan fingerprint density at radius 1 is 0.886 bits per heavy atom. The molecule has 0 saturated heterocycles. The van der Waals surface area contributed by atoms with Gasteiger partial charge >= 0.3 is 0 Å². The Morgan fingerprint density at radius 3 is 2.23 bits per heavy atom. The first-order valence-electron chi connectivity index (χ1n) is 12.2. The molecule has 3 aromatic carbocycles. The lowest BCUT2D eigenvalue weighted by Crippen LogP contribution is -2.51. The third-order valence-corrected chi connectivity index (χ3v) is 6.18. The van der Waals surface area contributed by atoms with Gasteiger partial charge in [-0.1, -0.05) is 97.7 Å². The summed E-state index contributed by atoms with van der Waals surface area (Å²) in [5.41, 5.74) is 4.21. The molecule has 0 aliphatic rings. The first kappa shape index (κ1) is 26.5. The van der Waals surface area contributed by atoms with Crippen LogP contribution in [0, 0.1) is 12.8 Å². The second-order valence-corrected chi connectivity index (χ2v) is 9.92. The van der Waals surface area contributed by atoms with E-state index < -0.39 is 6.04 Å². The Bertz CT molecular complexity index is 1100. The highest BCUT2D eigenvalue weighted by Gasteiger charge is 2.30. The van der Waals surface area contributed by atoms with Crippen molar-refractivity contribution in [2.24, 2.45) is 5.92 Å². The Hall–Kier alpha value is -3.11. The van der Waals surface area contributed by atoms with E-state index in [2.05, 4.69) is 43.4 Å². The van der Waals surface area contributed by atoms with Gasteiger partial charge in [0.1, 0.15) is 6.04 Å². The van der Waals surface area contributed by atoms with Crippen molar-refractivity contribution in [2.75, 3.05) is 6.54 Å². The van der Waals surface area contributed by atoms with Crippen molar-refractivity contribution in [1.82, 2.24) is 10.2 Å². The van der Waals surface area contributed by atoms with Gasteiger partial charge in [0.05, 0.1) is 0 Å². The van der Waals surface area contributed by atoms with Crippen LogP contribution in [-0.2, 0) is 29.0 Å². The molecule has 3 aromatic rings. The number of aryl methyl sites for hydroxylation is 2. The topological polar surface area (TPSA) is 49.4 Å². The van der Waals surface area contributed by atoms with Crippen LogP contribution in [0.1, 0.15) is 42.5 Å². The Labute approximate surface area is 214 Å². The summed E-state index contributed by atoms with van der Waals surface area (Å²) in [4.78, 5) is 28.8. The first-order valence-corrected chi connectivity index (χ1v) is 12.6. The molecule has 2 amide bonds. The summed E-state index contributed by atoms with van der Waals surface area (Å²) in [7, 11) is 0. The number of carbonyl (C=O) groups is 2. The lowest BCUT2D eigenvalue weighted by Gasteiger charge is -2.32. The van der Waals surface area contributed by atoms with Crippen molar-refractivity contribution in [3.8, 4) is 0 Å². The third kappa shape index (κ3) is 8.56. The van der Waals surface area contributed by atoms with E-state index in [9.17, 15) is 9.59 Å². The van der Waals surface area contributed by atoms with Gasteiger partial charge in [-0.3, -0.25) is 9.59 Å². The van der Waals surface area contributed by atoms with Gasteiger partial charge in [0.15, 0.2) is 0 Å². The molecule has 1 N–H and O–H groups in total. The van der Waals surface area contributed by atoms with Crippen molar-refractivity contribution in [1.29, 1.82) is 0 Å². The zero-order valence-electron chi connectivity index (χ0n) is 20.8. The van der Waals surface area contributed by atoms with Crippen LogP contribution in [0.3, 0.4) is 0 Å². The summed E-state index contributed by atoms with van der Waals surface area (Å²) < 4.78 is 0. The number of carbonyl (C=O) groups excluding carboxylic acids is 2. The lowest BCUT2D eigenvalue weighted by molar-refractivity contribution is -0.141. The predicted octanol–water partition coefficient (Wildman–Crippen LogP) is 5.99. The van der Waals surface area contributed by atoms with Gasteiger partial charge < -0.3 is 10.2 Å². The minimum atomic E-state index is -0.624. The van der Waals surface area contributed by atoms with Gasteiger partial charge in [-0.05, 0) is 48.1 Å². The summed E-state index contributed by atoms with van der Waals surface area (Å²) in [6.07, 6.45) is 1.39. The maximum absolute atomic E-state index is 13.7.